The second kappa shape index (κ2) is 7.10. The molecule has 1 aromatic carbocycles. The Morgan fingerprint density at radius 3 is 2.77 bits per heavy atom. The van der Waals surface area contributed by atoms with Gasteiger partial charge >= 0.3 is 11.9 Å². The quantitative estimate of drug-likeness (QED) is 0.531. The van der Waals surface area contributed by atoms with E-state index < -0.39 is 17.8 Å². The predicted molar refractivity (Wildman–Crippen MR) is 103 cm³/mol. The lowest BCUT2D eigenvalue weighted by Crippen LogP contribution is -2.28. The molecule has 3 aromatic rings. The fourth-order valence-electron chi connectivity index (χ4n) is 3.75. The number of aromatic carboxylic acids is 1. The van der Waals surface area contributed by atoms with Crippen LogP contribution in [0.25, 0.3) is 5.78 Å². The number of nitrogens with zero attached hydrogens (tertiary/aromatic N) is 4. The van der Waals surface area contributed by atoms with E-state index in [1.807, 2.05) is 6.92 Å². The average Bonchev–Trinajstić information content (AvgIpc) is 3.29. The summed E-state index contributed by atoms with van der Waals surface area (Å²) >= 11 is 0. The molecule has 0 radical (unpaired) electrons. The normalized spacial score (nSPS) is 15.1. The van der Waals surface area contributed by atoms with Gasteiger partial charge in [-0.25, -0.2) is 14.6 Å². The van der Waals surface area contributed by atoms with Crippen molar-refractivity contribution < 1.29 is 24.2 Å². The molecule has 154 valence electrons. The van der Waals surface area contributed by atoms with Gasteiger partial charge in [0.05, 0.1) is 18.7 Å². The summed E-state index contributed by atoms with van der Waals surface area (Å²) in [6.45, 7) is 1.85. The van der Waals surface area contributed by atoms with Crippen LogP contribution in [-0.2, 0) is 11.2 Å². The van der Waals surface area contributed by atoms with Gasteiger partial charge in [-0.05, 0) is 42.5 Å². The molecule has 2 heterocycles. The molecule has 1 amide bonds. The summed E-state index contributed by atoms with van der Waals surface area (Å²) in [6.07, 6.45) is 1.32. The maximum absolute atomic E-state index is 12.8. The first-order chi connectivity index (χ1) is 14.3. The third-order valence-corrected chi connectivity index (χ3v) is 5.18. The fraction of sp³-hybridized carbons (Fsp3) is 0.263. The number of hydrogen-bond acceptors (Lipinski definition) is 8. The van der Waals surface area contributed by atoms with Crippen molar-refractivity contribution in [2.24, 2.45) is 0 Å². The molecule has 1 atom stereocenters. The van der Waals surface area contributed by atoms with Crippen LogP contribution in [-0.4, -0.2) is 49.6 Å². The number of esters is 1. The van der Waals surface area contributed by atoms with E-state index in [0.717, 1.165) is 27.3 Å². The number of ether oxygens (including phenoxy) is 1. The zero-order valence-corrected chi connectivity index (χ0v) is 16.2. The number of nitrogens with two attached hydrogens (primary N) is 1. The molecule has 0 fully saturated rings. The van der Waals surface area contributed by atoms with Crippen molar-refractivity contribution in [1.82, 2.24) is 24.9 Å². The van der Waals surface area contributed by atoms with Gasteiger partial charge in [-0.15, -0.1) is 5.10 Å². The molecule has 1 aliphatic rings. The van der Waals surface area contributed by atoms with Crippen molar-refractivity contribution in [2.75, 3.05) is 12.8 Å². The number of benzene rings is 1. The largest absolute Gasteiger partial charge is 0.477 e. The first kappa shape index (κ1) is 19.3. The van der Waals surface area contributed by atoms with Gasteiger partial charge in [-0.2, -0.15) is 9.50 Å². The Morgan fingerprint density at radius 2 is 2.07 bits per heavy atom. The molecule has 11 heteroatoms. The molecule has 1 aliphatic carbocycles. The highest BCUT2D eigenvalue weighted by Gasteiger charge is 2.29. The maximum atomic E-state index is 12.8. The van der Waals surface area contributed by atoms with Crippen LogP contribution >= 0.6 is 0 Å². The molecule has 11 nitrogen and oxygen atoms in total. The number of rotatable bonds is 4. The number of carboxylic acid groups (broad SMARTS) is 1. The van der Waals surface area contributed by atoms with E-state index in [1.165, 1.54) is 7.11 Å². The Bertz CT molecular complexity index is 1220. The molecule has 4 rings (SSSR count). The van der Waals surface area contributed by atoms with Gasteiger partial charge < -0.3 is 20.9 Å². The Kier molecular flexibility index (Phi) is 4.57. The minimum atomic E-state index is -1.29. The second-order valence-electron chi connectivity index (χ2n) is 6.88. The highest BCUT2D eigenvalue weighted by molar-refractivity contribution is 5.96. The van der Waals surface area contributed by atoms with Crippen molar-refractivity contribution in [3.63, 3.8) is 0 Å². The van der Waals surface area contributed by atoms with Gasteiger partial charge in [-0.3, -0.25) is 4.79 Å². The molecule has 2 aromatic heterocycles. The van der Waals surface area contributed by atoms with Crippen molar-refractivity contribution in [3.8, 4) is 0 Å². The molecule has 30 heavy (non-hydrogen) atoms. The number of nitrogen functional groups attached to an aromatic ring is 1. The Morgan fingerprint density at radius 1 is 1.30 bits per heavy atom. The van der Waals surface area contributed by atoms with E-state index in [1.54, 1.807) is 12.1 Å². The third-order valence-electron chi connectivity index (χ3n) is 5.18. The summed E-state index contributed by atoms with van der Waals surface area (Å²) in [6, 6.07) is 4.30. The number of hydrogen-bond donors (Lipinski definition) is 3. The highest BCUT2D eigenvalue weighted by atomic mass is 16.5. The number of aromatic nitrogens is 4. The van der Waals surface area contributed by atoms with Crippen LogP contribution in [0.1, 0.15) is 60.5 Å². The van der Waals surface area contributed by atoms with Crippen LogP contribution in [0.2, 0.25) is 0 Å². The van der Waals surface area contributed by atoms with E-state index >= 15 is 0 Å². The lowest BCUT2D eigenvalue weighted by atomic mass is 9.98. The van der Waals surface area contributed by atoms with Crippen LogP contribution in [0.4, 0.5) is 5.95 Å². The van der Waals surface area contributed by atoms with Gasteiger partial charge in [0, 0.05) is 6.07 Å². The zero-order valence-electron chi connectivity index (χ0n) is 16.2. The molecule has 0 aliphatic heterocycles. The van der Waals surface area contributed by atoms with E-state index in [0.29, 0.717) is 18.4 Å². The number of carbonyl (C=O) groups is 3. The molecule has 0 saturated heterocycles. The molecule has 4 N–H and O–H groups in total. The summed E-state index contributed by atoms with van der Waals surface area (Å²) in [5, 5.41) is 16.1. The monoisotopic (exact) mass is 410 g/mol. The van der Waals surface area contributed by atoms with E-state index in [9.17, 15) is 19.5 Å². The smallest absolute Gasteiger partial charge is 0.354 e. The summed E-state index contributed by atoms with van der Waals surface area (Å²) in [5.74, 6) is -2.48. The number of carbonyl (C=O) groups excluding carboxylic acids is 2. The summed E-state index contributed by atoms with van der Waals surface area (Å²) in [5.41, 5.74) is 8.34. The van der Waals surface area contributed by atoms with Gasteiger partial charge in [0.2, 0.25) is 5.95 Å². The van der Waals surface area contributed by atoms with Crippen molar-refractivity contribution in [2.45, 2.75) is 25.8 Å². The van der Waals surface area contributed by atoms with Gasteiger partial charge in [0.1, 0.15) is 5.69 Å². The molecule has 0 saturated carbocycles. The van der Waals surface area contributed by atoms with Gasteiger partial charge in [0.25, 0.3) is 11.7 Å². The summed E-state index contributed by atoms with van der Waals surface area (Å²) in [4.78, 5) is 44.2. The van der Waals surface area contributed by atoms with Crippen LogP contribution in [0.3, 0.4) is 0 Å². The number of nitrogens with one attached hydrogen (secondary N) is 1. The average molecular weight is 410 g/mol. The van der Waals surface area contributed by atoms with Crippen LogP contribution in [0.15, 0.2) is 18.2 Å². The summed E-state index contributed by atoms with van der Waals surface area (Å²) in [7, 11) is 1.33. The van der Waals surface area contributed by atoms with Gasteiger partial charge in [0.15, 0.2) is 5.69 Å². The lowest BCUT2D eigenvalue weighted by Gasteiger charge is -2.15. The standard InChI is InChI=1S/C19H18N6O5/c1-8-9-5-6-12(11(9)4-3-10(8)17(29)30-2)21-15(26)13-7-14(16(27)28)25-19(22-13)23-18(20)24-25/h3-4,7,12H,5-6H2,1-2H3,(H2,20,24)(H,21,26)(H,27,28)/t12-/m0/s1. The van der Waals surface area contributed by atoms with Crippen molar-refractivity contribution >= 4 is 29.6 Å². The first-order valence-corrected chi connectivity index (χ1v) is 9.08. The van der Waals surface area contributed by atoms with E-state index in [4.69, 9.17) is 10.5 Å². The SMILES string of the molecule is COC(=O)c1ccc2c(c1C)CC[C@@H]2NC(=O)c1cc(C(=O)O)n2nc(N)nc2n1. The Hall–Kier alpha value is -4.02. The topological polar surface area (TPSA) is 162 Å². The number of fused-ring (bicyclic) bond motifs is 2. The molecular weight excluding hydrogens is 392 g/mol. The molecule has 0 spiro atoms. The molecular formula is C19H18N6O5. The number of anilines is 1. The Balaban J connectivity index is 1.64. The predicted octanol–water partition coefficient (Wildman–Crippen LogP) is 0.917. The van der Waals surface area contributed by atoms with E-state index in [-0.39, 0.29) is 29.2 Å². The lowest BCUT2D eigenvalue weighted by molar-refractivity contribution is 0.0598. The minimum Gasteiger partial charge on any atom is -0.477 e. The van der Waals surface area contributed by atoms with E-state index in [2.05, 4.69) is 20.4 Å². The van der Waals surface area contributed by atoms with Gasteiger partial charge in [-0.1, -0.05) is 6.07 Å². The molecule has 0 unspecified atom stereocenters. The fourth-order valence-corrected chi connectivity index (χ4v) is 3.75. The third kappa shape index (κ3) is 3.09. The van der Waals surface area contributed by atoms with Crippen LogP contribution < -0.4 is 11.1 Å². The summed E-state index contributed by atoms with van der Waals surface area (Å²) < 4.78 is 5.78. The van der Waals surface area contributed by atoms with Crippen LogP contribution in [0, 0.1) is 6.92 Å². The van der Waals surface area contributed by atoms with Crippen LogP contribution in [0.5, 0.6) is 0 Å². The number of amides is 1. The highest BCUT2D eigenvalue weighted by Crippen LogP contribution is 2.35. The Labute approximate surface area is 169 Å². The number of carboxylic acids is 1. The molecule has 0 bridgehead atoms. The zero-order chi connectivity index (χ0) is 21.6. The minimum absolute atomic E-state index is 0.0806. The first-order valence-electron chi connectivity index (χ1n) is 9.08. The van der Waals surface area contributed by atoms with Crippen molar-refractivity contribution in [1.29, 1.82) is 0 Å². The number of methoxy groups -OCH3 is 1. The van der Waals surface area contributed by atoms with Crippen molar-refractivity contribution in [3.05, 3.63) is 51.8 Å². The second-order valence-corrected chi connectivity index (χ2v) is 6.88. The maximum Gasteiger partial charge on any atom is 0.354 e.